The number of aromatic amines is 1. The molecule has 202 valence electrons. The van der Waals surface area contributed by atoms with Gasteiger partial charge in [0.25, 0.3) is 11.8 Å². The molecule has 4 aromatic rings. The Hall–Kier alpha value is -4.26. The number of aryl methyl sites for hydroxylation is 1. The van der Waals surface area contributed by atoms with E-state index < -0.39 is 6.04 Å². The van der Waals surface area contributed by atoms with Crippen molar-refractivity contribution >= 4 is 11.8 Å². The number of nitrogens with one attached hydrogen (secondary N) is 2. The molecule has 0 radical (unpaired) electrons. The maximum Gasteiger partial charge on any atom is 0.271 e. The second kappa shape index (κ2) is 12.1. The molecule has 0 bridgehead atoms. The number of carbonyl (C=O) groups excluding carboxylic acids is 2. The molecule has 1 fully saturated rings. The second-order valence-corrected chi connectivity index (χ2v) is 10.1. The van der Waals surface area contributed by atoms with Crippen LogP contribution in [0, 0.1) is 6.92 Å². The van der Waals surface area contributed by atoms with Crippen molar-refractivity contribution in [3.05, 3.63) is 102 Å². The van der Waals surface area contributed by atoms with Crippen molar-refractivity contribution in [3.8, 4) is 17.0 Å². The first kappa shape index (κ1) is 26.4. The maximum absolute atomic E-state index is 14.2. The normalized spacial score (nSPS) is 14.5. The van der Waals surface area contributed by atoms with Gasteiger partial charge in [0.2, 0.25) is 0 Å². The van der Waals surface area contributed by atoms with Crippen molar-refractivity contribution in [2.45, 2.75) is 57.7 Å². The van der Waals surface area contributed by atoms with Gasteiger partial charge in [-0.1, -0.05) is 61.7 Å². The molecule has 1 aliphatic rings. The smallest absolute Gasteiger partial charge is 0.271 e. The van der Waals surface area contributed by atoms with Crippen molar-refractivity contribution in [2.24, 2.45) is 0 Å². The summed E-state index contributed by atoms with van der Waals surface area (Å²) in [5.74, 6) is 1.33. The number of methoxy groups -OCH3 is 1. The number of hydrogen-bond acceptors (Lipinski definition) is 4. The molecule has 1 saturated carbocycles. The van der Waals surface area contributed by atoms with Gasteiger partial charge in [-0.3, -0.25) is 9.59 Å². The van der Waals surface area contributed by atoms with Crippen molar-refractivity contribution in [1.82, 2.24) is 15.2 Å². The lowest BCUT2D eigenvalue weighted by atomic mass is 9.95. The standard InChI is InChI=1S/C32H35N3O4/c1-22-13-20-29(39-22)30(31(36)33-25-11-7-4-8-12-25)35(21-23-14-16-26(38-2)17-15-23)32(37)28-19-18-27(34-28)24-9-5-3-6-10-24/h3,5-6,9-10,13-20,25,30,34H,4,7-8,11-12,21H2,1-2H3,(H,33,36)/t30-/m0/s1. The molecule has 0 spiro atoms. The Labute approximate surface area is 229 Å². The van der Waals surface area contributed by atoms with Gasteiger partial charge >= 0.3 is 0 Å². The highest BCUT2D eigenvalue weighted by Gasteiger charge is 2.36. The Bertz CT molecular complexity index is 1380. The third kappa shape index (κ3) is 6.25. The Morgan fingerprint density at radius 1 is 0.974 bits per heavy atom. The molecule has 2 aromatic carbocycles. The Balaban J connectivity index is 1.51. The predicted molar refractivity (Wildman–Crippen MR) is 150 cm³/mol. The number of hydrogen-bond donors (Lipinski definition) is 2. The highest BCUT2D eigenvalue weighted by atomic mass is 16.5. The summed E-state index contributed by atoms with van der Waals surface area (Å²) < 4.78 is 11.3. The number of rotatable bonds is 9. The fourth-order valence-corrected chi connectivity index (χ4v) is 5.22. The zero-order valence-corrected chi connectivity index (χ0v) is 22.5. The monoisotopic (exact) mass is 525 g/mol. The van der Waals surface area contributed by atoms with Crippen LogP contribution in [0.3, 0.4) is 0 Å². The van der Waals surface area contributed by atoms with E-state index >= 15 is 0 Å². The van der Waals surface area contributed by atoms with Crippen LogP contribution in [0.1, 0.15) is 65.7 Å². The number of H-pyrrole nitrogens is 1. The second-order valence-electron chi connectivity index (χ2n) is 10.1. The first-order valence-electron chi connectivity index (χ1n) is 13.6. The average Bonchev–Trinajstić information content (AvgIpc) is 3.63. The molecule has 39 heavy (non-hydrogen) atoms. The van der Waals surface area contributed by atoms with Crippen LogP contribution in [0.4, 0.5) is 0 Å². The summed E-state index contributed by atoms with van der Waals surface area (Å²) >= 11 is 0. The summed E-state index contributed by atoms with van der Waals surface area (Å²) in [4.78, 5) is 33.0. The molecule has 0 aliphatic heterocycles. The maximum atomic E-state index is 14.2. The van der Waals surface area contributed by atoms with Gasteiger partial charge in [-0.15, -0.1) is 0 Å². The molecule has 5 rings (SSSR count). The number of nitrogens with zero attached hydrogens (tertiary/aromatic N) is 1. The van der Waals surface area contributed by atoms with Gasteiger partial charge in [0.1, 0.15) is 23.0 Å². The summed E-state index contributed by atoms with van der Waals surface area (Å²) in [5.41, 5.74) is 3.09. The minimum absolute atomic E-state index is 0.0953. The van der Waals surface area contributed by atoms with E-state index in [1.54, 1.807) is 24.1 Å². The van der Waals surface area contributed by atoms with Gasteiger partial charge in [0.05, 0.1) is 7.11 Å². The predicted octanol–water partition coefficient (Wildman–Crippen LogP) is 6.42. The minimum Gasteiger partial charge on any atom is -0.497 e. The van der Waals surface area contributed by atoms with E-state index in [2.05, 4.69) is 10.3 Å². The van der Waals surface area contributed by atoms with Crippen LogP contribution >= 0.6 is 0 Å². The number of carbonyl (C=O) groups is 2. The van der Waals surface area contributed by atoms with E-state index in [0.717, 1.165) is 48.3 Å². The number of amides is 2. The molecular weight excluding hydrogens is 490 g/mol. The third-order valence-corrected chi connectivity index (χ3v) is 7.32. The molecule has 7 nitrogen and oxygen atoms in total. The Morgan fingerprint density at radius 2 is 1.72 bits per heavy atom. The molecular formula is C32H35N3O4. The first-order valence-corrected chi connectivity index (χ1v) is 13.6. The molecule has 2 aromatic heterocycles. The van der Waals surface area contributed by atoms with Crippen molar-refractivity contribution in [2.75, 3.05) is 7.11 Å². The van der Waals surface area contributed by atoms with E-state index in [9.17, 15) is 9.59 Å². The zero-order chi connectivity index (χ0) is 27.2. The van der Waals surface area contributed by atoms with Crippen LogP contribution in [0.2, 0.25) is 0 Å². The van der Waals surface area contributed by atoms with Gasteiger partial charge in [-0.05, 0) is 67.3 Å². The van der Waals surface area contributed by atoms with Crippen LogP contribution in [-0.4, -0.2) is 34.8 Å². The Kier molecular flexibility index (Phi) is 8.16. The quantitative estimate of drug-likeness (QED) is 0.264. The van der Waals surface area contributed by atoms with Gasteiger partial charge in [-0.2, -0.15) is 0 Å². The summed E-state index contributed by atoms with van der Waals surface area (Å²) in [7, 11) is 1.62. The molecule has 1 atom stereocenters. The molecule has 2 amide bonds. The van der Waals surface area contributed by atoms with Gasteiger partial charge in [-0.25, -0.2) is 0 Å². The van der Waals surface area contributed by atoms with E-state index in [4.69, 9.17) is 9.15 Å². The summed E-state index contributed by atoms with van der Waals surface area (Å²) in [6.07, 6.45) is 5.26. The largest absolute Gasteiger partial charge is 0.497 e. The molecule has 1 aliphatic carbocycles. The summed E-state index contributed by atoms with van der Waals surface area (Å²) in [6.45, 7) is 2.05. The first-order chi connectivity index (χ1) is 19.0. The highest BCUT2D eigenvalue weighted by molar-refractivity contribution is 5.97. The van der Waals surface area contributed by atoms with Crippen molar-refractivity contribution < 1.29 is 18.7 Å². The van der Waals surface area contributed by atoms with Crippen LogP contribution < -0.4 is 10.1 Å². The van der Waals surface area contributed by atoms with Crippen LogP contribution in [0.5, 0.6) is 5.75 Å². The molecule has 0 saturated heterocycles. The minimum atomic E-state index is -0.932. The van der Waals surface area contributed by atoms with Crippen LogP contribution in [-0.2, 0) is 11.3 Å². The fourth-order valence-electron chi connectivity index (χ4n) is 5.22. The topological polar surface area (TPSA) is 87.6 Å². The van der Waals surface area contributed by atoms with Crippen molar-refractivity contribution in [1.29, 1.82) is 0 Å². The van der Waals surface area contributed by atoms with Gasteiger partial charge in [0.15, 0.2) is 6.04 Å². The highest BCUT2D eigenvalue weighted by Crippen LogP contribution is 2.30. The number of aromatic nitrogens is 1. The Morgan fingerprint density at radius 3 is 2.38 bits per heavy atom. The van der Waals surface area contributed by atoms with Crippen LogP contribution in [0.25, 0.3) is 11.3 Å². The molecule has 2 heterocycles. The molecule has 2 N–H and O–H groups in total. The SMILES string of the molecule is COc1ccc(CN(C(=O)c2ccc(-c3ccccc3)[nH]2)[C@H](C(=O)NC2CCCCC2)c2ccc(C)o2)cc1. The van der Waals surface area contributed by atoms with Crippen LogP contribution in [0.15, 0.2) is 83.3 Å². The van der Waals surface area contributed by atoms with E-state index in [1.807, 2.05) is 73.7 Å². The van der Waals surface area contributed by atoms with Crippen molar-refractivity contribution in [3.63, 3.8) is 0 Å². The summed E-state index contributed by atoms with van der Waals surface area (Å²) in [5, 5.41) is 3.23. The van der Waals surface area contributed by atoms with E-state index in [-0.39, 0.29) is 24.4 Å². The third-order valence-electron chi connectivity index (χ3n) is 7.32. The average molecular weight is 526 g/mol. The zero-order valence-electron chi connectivity index (χ0n) is 22.5. The lowest BCUT2D eigenvalue weighted by molar-refractivity contribution is -0.127. The molecule has 0 unspecified atom stereocenters. The number of benzene rings is 2. The lowest BCUT2D eigenvalue weighted by Crippen LogP contribution is -2.46. The van der Waals surface area contributed by atoms with E-state index in [0.29, 0.717) is 17.2 Å². The van der Waals surface area contributed by atoms with Gasteiger partial charge in [0, 0.05) is 18.3 Å². The number of furan rings is 1. The fraction of sp³-hybridized carbons (Fsp3) is 0.312. The molecule has 7 heteroatoms. The van der Waals surface area contributed by atoms with E-state index in [1.165, 1.54) is 6.42 Å². The number of ether oxygens (including phenoxy) is 1. The summed E-state index contributed by atoms with van der Waals surface area (Å²) in [6, 6.07) is 23.8. The lowest BCUT2D eigenvalue weighted by Gasteiger charge is -2.32. The van der Waals surface area contributed by atoms with Gasteiger partial charge < -0.3 is 24.4 Å².